The van der Waals surface area contributed by atoms with E-state index in [0.29, 0.717) is 12.8 Å². The largest absolute Gasteiger partial charge is 0.462 e. The highest BCUT2D eigenvalue weighted by molar-refractivity contribution is 5.70. The van der Waals surface area contributed by atoms with Gasteiger partial charge in [-0.25, -0.2) is 0 Å². The predicted octanol–water partition coefficient (Wildman–Crippen LogP) is 9.95. The first-order valence-corrected chi connectivity index (χ1v) is 29.6. The maximum absolute atomic E-state index is 13.1. The maximum atomic E-state index is 13.1. The summed E-state index contributed by atoms with van der Waals surface area (Å²) in [6.07, 6.45) is 28.3. The molecular formula is C57H108O15. The third-order valence-corrected chi connectivity index (χ3v) is 14.6. The Bertz CT molecular complexity index is 1260. The molecule has 0 bridgehead atoms. The molecule has 0 aromatic heterocycles. The van der Waals surface area contributed by atoms with Crippen molar-refractivity contribution in [3.05, 3.63) is 0 Å². The summed E-state index contributed by atoms with van der Waals surface area (Å²) >= 11 is 0. The molecule has 0 aromatic rings. The van der Waals surface area contributed by atoms with Gasteiger partial charge in [-0.15, -0.1) is 0 Å². The van der Waals surface area contributed by atoms with Crippen molar-refractivity contribution in [2.24, 2.45) is 0 Å². The normalized spacial score (nSPS) is 24.9. The second kappa shape index (κ2) is 44.6. The van der Waals surface area contributed by atoms with Crippen molar-refractivity contribution in [1.29, 1.82) is 0 Å². The third kappa shape index (κ3) is 31.5. The van der Waals surface area contributed by atoms with Crippen LogP contribution in [0.25, 0.3) is 0 Å². The van der Waals surface area contributed by atoms with Gasteiger partial charge in [-0.2, -0.15) is 0 Å². The van der Waals surface area contributed by atoms with Crippen molar-refractivity contribution in [2.75, 3.05) is 26.4 Å². The molecule has 2 heterocycles. The fraction of sp³-hybridized carbons (Fsp3) is 0.965. The number of carbonyl (C=O) groups is 2. The van der Waals surface area contributed by atoms with Crippen molar-refractivity contribution in [3.63, 3.8) is 0 Å². The third-order valence-electron chi connectivity index (χ3n) is 14.6. The van der Waals surface area contributed by atoms with Crippen LogP contribution in [-0.2, 0) is 38.0 Å². The maximum Gasteiger partial charge on any atom is 0.306 e. The second-order valence-electron chi connectivity index (χ2n) is 21.2. The molecular weight excluding hydrogens is 925 g/mol. The van der Waals surface area contributed by atoms with E-state index in [1.54, 1.807) is 0 Å². The number of unbranched alkanes of at least 4 members (excludes halogenated alkanes) is 34. The minimum absolute atomic E-state index is 0.174. The molecule has 0 aliphatic carbocycles. The molecule has 2 fully saturated rings. The Morgan fingerprint density at radius 3 is 1.08 bits per heavy atom. The molecule has 72 heavy (non-hydrogen) atoms. The lowest BCUT2D eigenvalue weighted by molar-refractivity contribution is -0.332. The Kier molecular flexibility index (Phi) is 41.3. The molecule has 0 spiro atoms. The van der Waals surface area contributed by atoms with Crippen LogP contribution in [0.15, 0.2) is 0 Å². The van der Waals surface area contributed by atoms with Crippen LogP contribution in [0.4, 0.5) is 0 Å². The summed E-state index contributed by atoms with van der Waals surface area (Å²) in [5.41, 5.74) is 0. The first-order valence-electron chi connectivity index (χ1n) is 29.6. The molecule has 2 aliphatic rings. The molecule has 15 nitrogen and oxygen atoms in total. The highest BCUT2D eigenvalue weighted by Gasteiger charge is 2.47. The molecule has 426 valence electrons. The first kappa shape index (κ1) is 66.6. The average Bonchev–Trinajstić information content (AvgIpc) is 3.37. The second-order valence-corrected chi connectivity index (χ2v) is 21.2. The van der Waals surface area contributed by atoms with Gasteiger partial charge in [-0.1, -0.05) is 232 Å². The predicted molar refractivity (Wildman–Crippen MR) is 280 cm³/mol. The average molecular weight is 1030 g/mol. The van der Waals surface area contributed by atoms with E-state index in [0.717, 1.165) is 38.5 Å². The molecule has 0 saturated carbocycles. The van der Waals surface area contributed by atoms with Gasteiger partial charge in [0.25, 0.3) is 0 Å². The van der Waals surface area contributed by atoms with Gasteiger partial charge >= 0.3 is 11.9 Å². The summed E-state index contributed by atoms with van der Waals surface area (Å²) < 4.78 is 33.7. The lowest BCUT2D eigenvalue weighted by atomic mass is 9.98. The molecule has 0 aromatic carbocycles. The Labute approximate surface area is 436 Å². The van der Waals surface area contributed by atoms with Gasteiger partial charge in [0, 0.05) is 12.8 Å². The first-order chi connectivity index (χ1) is 35.0. The number of hydrogen-bond acceptors (Lipinski definition) is 15. The van der Waals surface area contributed by atoms with Crippen molar-refractivity contribution >= 4 is 11.9 Å². The van der Waals surface area contributed by atoms with E-state index < -0.39 is 92.7 Å². The van der Waals surface area contributed by atoms with E-state index >= 15 is 0 Å². The van der Waals surface area contributed by atoms with Crippen molar-refractivity contribution in [1.82, 2.24) is 0 Å². The van der Waals surface area contributed by atoms with Gasteiger partial charge in [0.05, 0.1) is 19.8 Å². The molecule has 4 unspecified atom stereocenters. The number of hydrogen-bond donors (Lipinski definition) is 7. The van der Waals surface area contributed by atoms with Gasteiger partial charge in [0.2, 0.25) is 0 Å². The fourth-order valence-corrected chi connectivity index (χ4v) is 9.75. The lowest BCUT2D eigenvalue weighted by Gasteiger charge is -2.42. The molecule has 2 saturated heterocycles. The van der Waals surface area contributed by atoms with E-state index in [1.807, 2.05) is 0 Å². The molecule has 2 aliphatic heterocycles. The van der Waals surface area contributed by atoms with Crippen molar-refractivity contribution in [2.45, 2.75) is 325 Å². The smallest absolute Gasteiger partial charge is 0.306 e. The highest BCUT2D eigenvalue weighted by Crippen LogP contribution is 2.27. The molecule has 11 atom stereocenters. The van der Waals surface area contributed by atoms with E-state index in [4.69, 9.17) is 28.4 Å². The van der Waals surface area contributed by atoms with Crippen molar-refractivity contribution < 1.29 is 73.8 Å². The molecule has 0 radical (unpaired) electrons. The van der Waals surface area contributed by atoms with Gasteiger partial charge in [-0.05, 0) is 12.8 Å². The summed E-state index contributed by atoms with van der Waals surface area (Å²) in [5.74, 6) is -0.903. The van der Waals surface area contributed by atoms with Gasteiger partial charge in [-0.3, -0.25) is 9.59 Å². The Balaban J connectivity index is 1.74. The van der Waals surface area contributed by atoms with Crippen LogP contribution in [0.5, 0.6) is 0 Å². The van der Waals surface area contributed by atoms with Gasteiger partial charge in [0.15, 0.2) is 18.7 Å². The number of ether oxygens (including phenoxy) is 6. The quantitative estimate of drug-likeness (QED) is 0.0222. The summed E-state index contributed by atoms with van der Waals surface area (Å²) in [4.78, 5) is 25.9. The summed E-state index contributed by atoms with van der Waals surface area (Å²) in [6.45, 7) is 2.66. The van der Waals surface area contributed by atoms with Crippen molar-refractivity contribution in [3.8, 4) is 0 Å². The molecule has 0 amide bonds. The number of esters is 2. The number of carbonyl (C=O) groups excluding carboxylic acids is 2. The SMILES string of the molecule is CCCCCCCCCCCCCCCCCCCCCC(=O)O[C@H](COC(=O)CCCCCCCCCCCCCCCCCCC)CO[C@H]1O[C@@H](CO[C@H]2O[C@@H](CO)[C@@H](O)C(O)C2O)[C@@H](O)C(O)C1O. The van der Waals surface area contributed by atoms with E-state index in [-0.39, 0.29) is 26.1 Å². The minimum Gasteiger partial charge on any atom is -0.462 e. The van der Waals surface area contributed by atoms with Crippen LogP contribution in [0.2, 0.25) is 0 Å². The van der Waals surface area contributed by atoms with E-state index in [9.17, 15) is 45.3 Å². The summed E-state index contributed by atoms with van der Waals surface area (Å²) in [7, 11) is 0. The number of rotatable bonds is 48. The fourth-order valence-electron chi connectivity index (χ4n) is 9.75. The Morgan fingerprint density at radius 1 is 0.389 bits per heavy atom. The van der Waals surface area contributed by atoms with Crippen LogP contribution in [0.1, 0.15) is 258 Å². The zero-order chi connectivity index (χ0) is 52.4. The number of aliphatic hydroxyl groups is 7. The van der Waals surface area contributed by atoms with E-state index in [2.05, 4.69) is 13.8 Å². The Hall–Kier alpha value is -1.50. The Morgan fingerprint density at radius 2 is 0.708 bits per heavy atom. The lowest BCUT2D eigenvalue weighted by Crippen LogP contribution is -2.61. The summed E-state index contributed by atoms with van der Waals surface area (Å²) in [5, 5.41) is 72.3. The zero-order valence-corrected chi connectivity index (χ0v) is 45.4. The van der Waals surface area contributed by atoms with Crippen LogP contribution in [0.3, 0.4) is 0 Å². The molecule has 2 rings (SSSR count). The summed E-state index contributed by atoms with van der Waals surface area (Å²) in [6, 6.07) is 0. The number of aliphatic hydroxyl groups excluding tert-OH is 7. The van der Waals surface area contributed by atoms with Gasteiger partial charge < -0.3 is 64.2 Å². The molecule has 7 N–H and O–H groups in total. The monoisotopic (exact) mass is 1030 g/mol. The van der Waals surface area contributed by atoms with E-state index in [1.165, 1.54) is 180 Å². The van der Waals surface area contributed by atoms with Crippen LogP contribution >= 0.6 is 0 Å². The van der Waals surface area contributed by atoms with Crippen LogP contribution in [-0.4, -0.2) is 142 Å². The minimum atomic E-state index is -1.76. The van der Waals surface area contributed by atoms with Crippen LogP contribution < -0.4 is 0 Å². The van der Waals surface area contributed by atoms with Gasteiger partial charge in [0.1, 0.15) is 55.4 Å². The standard InChI is InChI=1S/C57H108O15/c1-3-5-7-9-11-13-15-17-19-21-22-24-26-28-30-32-34-36-38-40-49(60)70-45(42-67-48(59)39-37-35-33-31-29-27-25-23-20-18-16-14-12-10-8-6-4-2)43-68-56-55(66)53(64)51(62)47(72-56)44-69-57-54(65)52(63)50(61)46(41-58)71-57/h45-47,50-58,61-66H,3-44H2,1-2H3/t45-,46+,47+,50-,51-,52?,53?,54?,55?,56+,57+/m1/s1. The molecule has 15 heteroatoms. The zero-order valence-electron chi connectivity index (χ0n) is 45.4. The highest BCUT2D eigenvalue weighted by atomic mass is 16.7. The topological polar surface area (TPSA) is 231 Å². The van der Waals surface area contributed by atoms with Crippen LogP contribution in [0, 0.1) is 0 Å².